The first-order chi connectivity index (χ1) is 12.3. The molecule has 0 fully saturated rings. The Hall–Kier alpha value is -3.25. The summed E-state index contributed by atoms with van der Waals surface area (Å²) in [5.74, 6) is -0.187. The van der Waals surface area contributed by atoms with E-state index < -0.39 is 0 Å². The van der Waals surface area contributed by atoms with Gasteiger partial charge < -0.3 is 10.4 Å². The van der Waals surface area contributed by atoms with Gasteiger partial charge in [0.25, 0.3) is 0 Å². The Morgan fingerprint density at radius 2 is 1.96 bits per heavy atom. The lowest BCUT2D eigenvalue weighted by molar-refractivity contribution is -0.116. The zero-order valence-corrected chi connectivity index (χ0v) is 13.5. The summed E-state index contributed by atoms with van der Waals surface area (Å²) in [6.07, 6.45) is 10.2. The number of pyridine rings is 1. The van der Waals surface area contributed by atoms with Gasteiger partial charge in [-0.1, -0.05) is 24.3 Å². The molecule has 0 aliphatic heterocycles. The molecule has 2 heterocycles. The summed E-state index contributed by atoms with van der Waals surface area (Å²) in [6, 6.07) is 9.32. The topological polar surface area (TPSA) is 90.9 Å². The van der Waals surface area contributed by atoms with Crippen molar-refractivity contribution in [2.24, 2.45) is 0 Å². The standard InChI is InChI=1S/C19H18N4O2/c24-13-15-3-1-14(2-4-15)9-21-19(25)6-5-16-10-20-8-7-18(16)17-11-22-23-12-17/h1-8,10-12,24H,9,13H2,(H,21,25)(H,22,23)/b6-5+. The highest BCUT2D eigenvalue weighted by atomic mass is 16.3. The third-order valence-corrected chi connectivity index (χ3v) is 3.75. The largest absolute Gasteiger partial charge is 0.392 e. The van der Waals surface area contributed by atoms with Crippen molar-refractivity contribution < 1.29 is 9.90 Å². The molecule has 6 heteroatoms. The Balaban J connectivity index is 1.63. The van der Waals surface area contributed by atoms with Crippen LogP contribution in [-0.2, 0) is 17.9 Å². The summed E-state index contributed by atoms with van der Waals surface area (Å²) < 4.78 is 0. The Morgan fingerprint density at radius 1 is 1.16 bits per heavy atom. The number of aliphatic hydroxyl groups excluding tert-OH is 1. The van der Waals surface area contributed by atoms with Gasteiger partial charge in [-0.15, -0.1) is 0 Å². The van der Waals surface area contributed by atoms with Crippen LogP contribution in [0.3, 0.4) is 0 Å². The maximum Gasteiger partial charge on any atom is 0.244 e. The van der Waals surface area contributed by atoms with Crippen LogP contribution in [0, 0.1) is 0 Å². The number of aliphatic hydroxyl groups is 1. The van der Waals surface area contributed by atoms with Crippen molar-refractivity contribution in [2.45, 2.75) is 13.2 Å². The van der Waals surface area contributed by atoms with Crippen LogP contribution < -0.4 is 5.32 Å². The van der Waals surface area contributed by atoms with Crippen molar-refractivity contribution >= 4 is 12.0 Å². The molecule has 0 bridgehead atoms. The number of amides is 1. The van der Waals surface area contributed by atoms with Gasteiger partial charge in [0.2, 0.25) is 5.91 Å². The van der Waals surface area contributed by atoms with Gasteiger partial charge in [0.1, 0.15) is 0 Å². The van der Waals surface area contributed by atoms with E-state index in [9.17, 15) is 4.79 Å². The number of carbonyl (C=O) groups excluding carboxylic acids is 1. The van der Waals surface area contributed by atoms with Crippen LogP contribution in [0.4, 0.5) is 0 Å². The number of rotatable bonds is 6. The minimum atomic E-state index is -0.187. The quantitative estimate of drug-likeness (QED) is 0.603. The molecule has 0 radical (unpaired) electrons. The molecule has 0 unspecified atom stereocenters. The van der Waals surface area contributed by atoms with Gasteiger partial charge in [-0.25, -0.2) is 0 Å². The highest BCUT2D eigenvalue weighted by molar-refractivity contribution is 5.92. The molecule has 0 aliphatic carbocycles. The monoisotopic (exact) mass is 334 g/mol. The van der Waals surface area contributed by atoms with E-state index in [4.69, 9.17) is 5.11 Å². The average Bonchev–Trinajstić information content (AvgIpc) is 3.20. The fourth-order valence-electron chi connectivity index (χ4n) is 2.38. The van der Waals surface area contributed by atoms with Crippen molar-refractivity contribution in [1.82, 2.24) is 20.5 Å². The second-order valence-electron chi connectivity index (χ2n) is 5.48. The summed E-state index contributed by atoms with van der Waals surface area (Å²) in [5.41, 5.74) is 4.54. The van der Waals surface area contributed by atoms with E-state index >= 15 is 0 Å². The van der Waals surface area contributed by atoms with Crippen molar-refractivity contribution in [2.75, 3.05) is 0 Å². The highest BCUT2D eigenvalue weighted by Crippen LogP contribution is 2.22. The lowest BCUT2D eigenvalue weighted by atomic mass is 10.0. The van der Waals surface area contributed by atoms with Crippen molar-refractivity contribution in [3.8, 4) is 11.1 Å². The second kappa shape index (κ2) is 8.03. The molecular weight excluding hydrogens is 316 g/mol. The lowest BCUT2D eigenvalue weighted by Gasteiger charge is -2.04. The van der Waals surface area contributed by atoms with Gasteiger partial charge in [-0.05, 0) is 28.8 Å². The highest BCUT2D eigenvalue weighted by Gasteiger charge is 2.04. The SMILES string of the molecule is O=C(/C=C/c1cnccc1-c1cn[nH]c1)NCc1ccc(CO)cc1. The fourth-order valence-corrected chi connectivity index (χ4v) is 2.38. The van der Waals surface area contributed by atoms with Crippen LogP contribution in [0.15, 0.2) is 61.2 Å². The van der Waals surface area contributed by atoms with E-state index in [2.05, 4.69) is 20.5 Å². The Bertz CT molecular complexity index is 855. The summed E-state index contributed by atoms with van der Waals surface area (Å²) in [6.45, 7) is 0.440. The number of aromatic nitrogens is 3. The van der Waals surface area contributed by atoms with E-state index in [0.29, 0.717) is 6.54 Å². The first-order valence-electron chi connectivity index (χ1n) is 7.84. The number of hydrogen-bond acceptors (Lipinski definition) is 4. The minimum Gasteiger partial charge on any atom is -0.392 e. The fraction of sp³-hybridized carbons (Fsp3) is 0.105. The van der Waals surface area contributed by atoms with Gasteiger partial charge in [0.05, 0.1) is 12.8 Å². The van der Waals surface area contributed by atoms with Crippen molar-refractivity contribution in [1.29, 1.82) is 0 Å². The molecule has 0 saturated carbocycles. The van der Waals surface area contributed by atoms with E-state index in [1.165, 1.54) is 6.08 Å². The molecule has 126 valence electrons. The van der Waals surface area contributed by atoms with Gasteiger partial charge >= 0.3 is 0 Å². The normalized spacial score (nSPS) is 10.9. The summed E-state index contributed by atoms with van der Waals surface area (Å²) >= 11 is 0. The third kappa shape index (κ3) is 4.39. The summed E-state index contributed by atoms with van der Waals surface area (Å²) in [7, 11) is 0. The molecule has 0 spiro atoms. The van der Waals surface area contributed by atoms with Crippen molar-refractivity contribution in [3.05, 3.63) is 77.9 Å². The second-order valence-corrected chi connectivity index (χ2v) is 5.48. The van der Waals surface area contributed by atoms with E-state index in [1.54, 1.807) is 30.9 Å². The van der Waals surface area contributed by atoms with E-state index in [1.807, 2.05) is 30.3 Å². The molecule has 0 aliphatic rings. The molecule has 6 nitrogen and oxygen atoms in total. The molecule has 2 aromatic heterocycles. The van der Waals surface area contributed by atoms with Gasteiger partial charge in [0.15, 0.2) is 0 Å². The Kier molecular flexibility index (Phi) is 5.33. The third-order valence-electron chi connectivity index (χ3n) is 3.75. The zero-order valence-electron chi connectivity index (χ0n) is 13.5. The van der Waals surface area contributed by atoms with Crippen molar-refractivity contribution in [3.63, 3.8) is 0 Å². The Labute approximate surface area is 145 Å². The van der Waals surface area contributed by atoms with Gasteiger partial charge in [0, 0.05) is 42.3 Å². The number of aromatic amines is 1. The molecule has 1 aromatic carbocycles. The number of hydrogen-bond donors (Lipinski definition) is 3. The molecule has 3 aromatic rings. The Morgan fingerprint density at radius 3 is 2.68 bits per heavy atom. The first-order valence-corrected chi connectivity index (χ1v) is 7.84. The zero-order chi connectivity index (χ0) is 17.5. The molecule has 0 saturated heterocycles. The smallest absolute Gasteiger partial charge is 0.244 e. The van der Waals surface area contributed by atoms with Crippen LogP contribution >= 0.6 is 0 Å². The molecule has 25 heavy (non-hydrogen) atoms. The predicted octanol–water partition coefficient (Wildman–Crippen LogP) is 2.29. The number of nitrogens with zero attached hydrogens (tertiary/aromatic N) is 2. The summed E-state index contributed by atoms with van der Waals surface area (Å²) in [4.78, 5) is 16.1. The summed E-state index contributed by atoms with van der Waals surface area (Å²) in [5, 5.41) is 18.6. The molecule has 0 atom stereocenters. The molecule has 3 rings (SSSR count). The number of nitrogens with one attached hydrogen (secondary N) is 2. The minimum absolute atomic E-state index is 0.0134. The van der Waals surface area contributed by atoms with Crippen LogP contribution in [0.1, 0.15) is 16.7 Å². The number of benzene rings is 1. The van der Waals surface area contributed by atoms with Crippen LogP contribution in [0.25, 0.3) is 17.2 Å². The van der Waals surface area contributed by atoms with Gasteiger partial charge in [-0.3, -0.25) is 14.9 Å². The van der Waals surface area contributed by atoms with Gasteiger partial charge in [-0.2, -0.15) is 5.10 Å². The first kappa shape index (κ1) is 16.6. The van der Waals surface area contributed by atoms with E-state index in [-0.39, 0.29) is 12.5 Å². The van der Waals surface area contributed by atoms with Crippen LogP contribution in [0.2, 0.25) is 0 Å². The lowest BCUT2D eigenvalue weighted by Crippen LogP contribution is -2.20. The average molecular weight is 334 g/mol. The predicted molar refractivity (Wildman–Crippen MR) is 95.1 cm³/mol. The van der Waals surface area contributed by atoms with E-state index in [0.717, 1.165) is 27.8 Å². The molecule has 1 amide bonds. The van der Waals surface area contributed by atoms with Crippen LogP contribution in [0.5, 0.6) is 0 Å². The molecular formula is C19H18N4O2. The number of H-pyrrole nitrogens is 1. The maximum absolute atomic E-state index is 12.0. The molecule has 3 N–H and O–H groups in total. The maximum atomic E-state index is 12.0. The number of carbonyl (C=O) groups is 1. The van der Waals surface area contributed by atoms with Crippen LogP contribution in [-0.4, -0.2) is 26.2 Å².